The van der Waals surface area contributed by atoms with Gasteiger partial charge in [0.2, 0.25) is 0 Å². The molecule has 0 spiro atoms. The zero-order valence-electron chi connectivity index (χ0n) is 12.2. The van der Waals surface area contributed by atoms with Crippen molar-refractivity contribution in [3.63, 3.8) is 0 Å². The smallest absolute Gasteiger partial charge is 0.262 e. The third-order valence-electron chi connectivity index (χ3n) is 3.25. The molecule has 1 heterocycles. The Labute approximate surface area is 133 Å². The largest absolute Gasteiger partial charge is 0.481 e. The van der Waals surface area contributed by atoms with Gasteiger partial charge in [-0.1, -0.05) is 18.2 Å². The quantitative estimate of drug-likeness (QED) is 0.803. The van der Waals surface area contributed by atoms with E-state index < -0.39 is 0 Å². The molecule has 1 N–H and O–H groups in total. The number of pyridine rings is 1. The highest BCUT2D eigenvalue weighted by Gasteiger charge is 2.07. The van der Waals surface area contributed by atoms with Crippen LogP contribution in [0.4, 0.5) is 5.69 Å². The summed E-state index contributed by atoms with van der Waals surface area (Å²) >= 11 is 0. The lowest BCUT2D eigenvalue weighted by Gasteiger charge is -2.09. The van der Waals surface area contributed by atoms with Crippen LogP contribution in [0.1, 0.15) is 5.56 Å². The lowest BCUT2D eigenvalue weighted by atomic mass is 10.2. The van der Waals surface area contributed by atoms with E-state index in [0.717, 1.165) is 10.9 Å². The third-order valence-corrected chi connectivity index (χ3v) is 3.25. The van der Waals surface area contributed by atoms with Crippen LogP contribution in [0.5, 0.6) is 5.75 Å². The zero-order chi connectivity index (χ0) is 16.1. The summed E-state index contributed by atoms with van der Waals surface area (Å²) in [6.07, 6.45) is 1.69. The topological polar surface area (TPSA) is 75.0 Å². The van der Waals surface area contributed by atoms with Crippen molar-refractivity contribution in [1.82, 2.24) is 4.98 Å². The van der Waals surface area contributed by atoms with E-state index in [1.54, 1.807) is 36.5 Å². The van der Waals surface area contributed by atoms with Crippen LogP contribution in [0, 0.1) is 11.3 Å². The van der Waals surface area contributed by atoms with Gasteiger partial charge in [0, 0.05) is 17.3 Å². The zero-order valence-corrected chi connectivity index (χ0v) is 12.2. The third kappa shape index (κ3) is 3.44. The normalized spacial score (nSPS) is 10.0. The van der Waals surface area contributed by atoms with Crippen molar-refractivity contribution in [2.45, 2.75) is 0 Å². The minimum atomic E-state index is -0.275. The average molecular weight is 303 g/mol. The number of carbonyl (C=O) groups excluding carboxylic acids is 1. The van der Waals surface area contributed by atoms with Crippen LogP contribution in [-0.2, 0) is 4.79 Å². The number of nitrogens with zero attached hydrogens (tertiary/aromatic N) is 2. The molecule has 0 aliphatic carbocycles. The maximum Gasteiger partial charge on any atom is 0.262 e. The molecule has 0 atom stereocenters. The predicted octanol–water partition coefficient (Wildman–Crippen LogP) is 3.12. The summed E-state index contributed by atoms with van der Waals surface area (Å²) < 4.78 is 5.57. The summed E-state index contributed by atoms with van der Waals surface area (Å²) in [5.41, 5.74) is 1.89. The fraction of sp³-hybridized carbons (Fsp3) is 0.0556. The number of para-hydroxylation sites is 1. The predicted molar refractivity (Wildman–Crippen MR) is 87.0 cm³/mol. The lowest BCUT2D eigenvalue weighted by Crippen LogP contribution is -2.20. The molecule has 2 aromatic carbocycles. The molecule has 0 radical (unpaired) electrons. The molecule has 5 heteroatoms. The van der Waals surface area contributed by atoms with Gasteiger partial charge >= 0.3 is 0 Å². The Kier molecular flexibility index (Phi) is 4.16. The van der Waals surface area contributed by atoms with Gasteiger partial charge in [0.15, 0.2) is 6.61 Å². The van der Waals surface area contributed by atoms with Crippen molar-refractivity contribution in [2.24, 2.45) is 0 Å². The number of carbonyl (C=O) groups is 1. The first-order valence-corrected chi connectivity index (χ1v) is 7.03. The number of amides is 1. The molecule has 1 aromatic heterocycles. The Morgan fingerprint density at radius 3 is 2.70 bits per heavy atom. The van der Waals surface area contributed by atoms with Gasteiger partial charge in [-0.15, -0.1) is 0 Å². The SMILES string of the molecule is N#Cc1ccc(NC(=O)COc2cccc3cccnc23)cc1. The minimum absolute atomic E-state index is 0.115. The molecule has 5 nitrogen and oxygen atoms in total. The molecule has 0 aliphatic rings. The Morgan fingerprint density at radius 1 is 1.13 bits per heavy atom. The van der Waals surface area contributed by atoms with Gasteiger partial charge in [0.1, 0.15) is 11.3 Å². The molecule has 0 saturated carbocycles. The molecule has 0 unspecified atom stereocenters. The number of fused-ring (bicyclic) bond motifs is 1. The van der Waals surface area contributed by atoms with Crippen LogP contribution in [0.15, 0.2) is 60.8 Å². The second-order valence-corrected chi connectivity index (χ2v) is 4.86. The number of anilines is 1. The molecular weight excluding hydrogens is 290 g/mol. The summed E-state index contributed by atoms with van der Waals surface area (Å²) in [7, 11) is 0. The molecule has 3 rings (SSSR count). The van der Waals surface area contributed by atoms with E-state index in [4.69, 9.17) is 10.00 Å². The highest BCUT2D eigenvalue weighted by molar-refractivity contribution is 5.92. The van der Waals surface area contributed by atoms with Gasteiger partial charge in [-0.2, -0.15) is 5.26 Å². The number of hydrogen-bond donors (Lipinski definition) is 1. The van der Waals surface area contributed by atoms with E-state index in [2.05, 4.69) is 10.3 Å². The minimum Gasteiger partial charge on any atom is -0.481 e. The summed E-state index contributed by atoms with van der Waals surface area (Å²) in [6, 6.07) is 18.0. The molecule has 1 amide bonds. The summed E-state index contributed by atoms with van der Waals surface area (Å²) in [6.45, 7) is -0.115. The van der Waals surface area contributed by atoms with Gasteiger partial charge < -0.3 is 10.1 Å². The van der Waals surface area contributed by atoms with Gasteiger partial charge in [0.25, 0.3) is 5.91 Å². The number of ether oxygens (including phenoxy) is 1. The van der Waals surface area contributed by atoms with Gasteiger partial charge in [0.05, 0.1) is 11.6 Å². The monoisotopic (exact) mass is 303 g/mol. The standard InChI is InChI=1S/C18H13N3O2/c19-11-13-6-8-15(9-7-13)21-17(22)12-23-16-5-1-3-14-4-2-10-20-18(14)16/h1-10H,12H2,(H,21,22). The van der Waals surface area contributed by atoms with Gasteiger partial charge in [-0.3, -0.25) is 9.78 Å². The van der Waals surface area contributed by atoms with Crippen molar-refractivity contribution in [2.75, 3.05) is 11.9 Å². The first-order valence-electron chi connectivity index (χ1n) is 7.03. The molecule has 0 bridgehead atoms. The highest BCUT2D eigenvalue weighted by Crippen LogP contribution is 2.22. The van der Waals surface area contributed by atoms with Crippen LogP contribution in [-0.4, -0.2) is 17.5 Å². The number of benzene rings is 2. The van der Waals surface area contributed by atoms with E-state index in [1.807, 2.05) is 30.3 Å². The first kappa shape index (κ1) is 14.5. The van der Waals surface area contributed by atoms with Crippen molar-refractivity contribution in [3.05, 3.63) is 66.4 Å². The average Bonchev–Trinajstić information content (AvgIpc) is 2.60. The van der Waals surface area contributed by atoms with Crippen LogP contribution in [0.3, 0.4) is 0 Å². The fourth-order valence-corrected chi connectivity index (χ4v) is 2.16. The number of rotatable bonds is 4. The second kappa shape index (κ2) is 6.58. The summed E-state index contributed by atoms with van der Waals surface area (Å²) in [4.78, 5) is 16.2. The van der Waals surface area contributed by atoms with Crippen molar-refractivity contribution < 1.29 is 9.53 Å². The van der Waals surface area contributed by atoms with E-state index >= 15 is 0 Å². The fourth-order valence-electron chi connectivity index (χ4n) is 2.16. The maximum absolute atomic E-state index is 12.0. The number of nitrogens with one attached hydrogen (secondary N) is 1. The Bertz CT molecular complexity index is 877. The Balaban J connectivity index is 1.65. The van der Waals surface area contributed by atoms with Crippen LogP contribution >= 0.6 is 0 Å². The number of nitriles is 1. The lowest BCUT2D eigenvalue weighted by molar-refractivity contribution is -0.118. The number of hydrogen-bond acceptors (Lipinski definition) is 4. The molecule has 3 aromatic rings. The Morgan fingerprint density at radius 2 is 1.91 bits per heavy atom. The van der Waals surface area contributed by atoms with Crippen molar-refractivity contribution in [3.8, 4) is 11.8 Å². The van der Waals surface area contributed by atoms with Gasteiger partial charge in [-0.05, 0) is 36.4 Å². The van der Waals surface area contributed by atoms with Crippen molar-refractivity contribution >= 4 is 22.5 Å². The highest BCUT2D eigenvalue weighted by atomic mass is 16.5. The van der Waals surface area contributed by atoms with E-state index in [9.17, 15) is 4.79 Å². The van der Waals surface area contributed by atoms with E-state index in [-0.39, 0.29) is 12.5 Å². The maximum atomic E-state index is 12.0. The molecular formula is C18H13N3O2. The van der Waals surface area contributed by atoms with Crippen LogP contribution < -0.4 is 10.1 Å². The molecule has 112 valence electrons. The molecule has 0 saturated heterocycles. The van der Waals surface area contributed by atoms with Crippen LogP contribution in [0.2, 0.25) is 0 Å². The van der Waals surface area contributed by atoms with Gasteiger partial charge in [-0.25, -0.2) is 0 Å². The number of aromatic nitrogens is 1. The summed E-state index contributed by atoms with van der Waals surface area (Å²) in [5, 5.41) is 12.4. The molecule has 0 fully saturated rings. The van der Waals surface area contributed by atoms with Crippen molar-refractivity contribution in [1.29, 1.82) is 5.26 Å². The summed E-state index contributed by atoms with van der Waals surface area (Å²) in [5.74, 6) is 0.292. The first-order chi connectivity index (χ1) is 11.3. The Hall–Kier alpha value is -3.39. The van der Waals surface area contributed by atoms with E-state index in [1.165, 1.54) is 0 Å². The van der Waals surface area contributed by atoms with Crippen LogP contribution in [0.25, 0.3) is 10.9 Å². The molecule has 0 aliphatic heterocycles. The van der Waals surface area contributed by atoms with E-state index in [0.29, 0.717) is 17.0 Å². The molecule has 23 heavy (non-hydrogen) atoms. The second-order valence-electron chi connectivity index (χ2n) is 4.86.